The molecule has 6 heteroatoms. The minimum Gasteiger partial charge on any atom is -0.474 e. The third-order valence-electron chi connectivity index (χ3n) is 3.54. The summed E-state index contributed by atoms with van der Waals surface area (Å²) in [4.78, 5) is 8.58. The predicted molar refractivity (Wildman–Crippen MR) is 73.0 cm³/mol. The van der Waals surface area contributed by atoms with Gasteiger partial charge in [0, 0.05) is 13.5 Å². The normalized spacial score (nSPS) is 23.2. The fourth-order valence-corrected chi connectivity index (χ4v) is 2.44. The number of nitrogens with two attached hydrogens (primary N) is 1. The van der Waals surface area contributed by atoms with Crippen LogP contribution in [-0.4, -0.2) is 29.3 Å². The summed E-state index contributed by atoms with van der Waals surface area (Å²) in [6, 6.07) is 0. The van der Waals surface area contributed by atoms with Crippen LogP contribution in [0, 0.1) is 13.8 Å². The van der Waals surface area contributed by atoms with Crippen LogP contribution in [0.5, 0.6) is 5.88 Å². The van der Waals surface area contributed by atoms with Gasteiger partial charge in [0.15, 0.2) is 0 Å². The molecule has 2 unspecified atom stereocenters. The predicted octanol–water partition coefficient (Wildman–Crippen LogP) is 1.72. The van der Waals surface area contributed by atoms with E-state index >= 15 is 0 Å². The molecule has 2 rings (SSSR count). The molecule has 6 nitrogen and oxygen atoms in total. The second-order valence-corrected chi connectivity index (χ2v) is 4.96. The number of hydrazine groups is 1. The topological polar surface area (TPSA) is 82.3 Å². The molecule has 0 amide bonds. The van der Waals surface area contributed by atoms with Crippen molar-refractivity contribution in [3.8, 4) is 5.88 Å². The van der Waals surface area contributed by atoms with Gasteiger partial charge in [0.2, 0.25) is 5.88 Å². The number of nitrogen functional groups attached to an aromatic ring is 1. The van der Waals surface area contributed by atoms with Crippen molar-refractivity contribution in [2.75, 3.05) is 12.5 Å². The Kier molecular flexibility index (Phi) is 4.55. The number of anilines is 1. The van der Waals surface area contributed by atoms with E-state index in [4.69, 9.17) is 15.3 Å². The molecule has 1 aliphatic rings. The number of rotatable bonds is 4. The molecule has 1 heterocycles. The summed E-state index contributed by atoms with van der Waals surface area (Å²) in [5.41, 5.74) is 3.42. The van der Waals surface area contributed by atoms with Crippen LogP contribution in [0.3, 0.4) is 0 Å². The summed E-state index contributed by atoms with van der Waals surface area (Å²) in [5, 5.41) is 0. The Morgan fingerprint density at radius 1 is 1.21 bits per heavy atom. The summed E-state index contributed by atoms with van der Waals surface area (Å²) in [6.45, 7) is 3.73. The van der Waals surface area contributed by atoms with Crippen LogP contribution in [0.4, 0.5) is 5.82 Å². The van der Waals surface area contributed by atoms with Gasteiger partial charge in [0.1, 0.15) is 17.7 Å². The van der Waals surface area contributed by atoms with E-state index in [-0.39, 0.29) is 12.2 Å². The minimum absolute atomic E-state index is 0.150. The Hall–Kier alpha value is -1.40. The minimum atomic E-state index is 0.150. The van der Waals surface area contributed by atoms with Crippen LogP contribution in [0.2, 0.25) is 0 Å². The van der Waals surface area contributed by atoms with Gasteiger partial charge < -0.3 is 14.9 Å². The molecule has 1 aromatic rings. The van der Waals surface area contributed by atoms with Gasteiger partial charge >= 0.3 is 0 Å². The smallest absolute Gasteiger partial charge is 0.222 e. The van der Waals surface area contributed by atoms with Gasteiger partial charge in [-0.3, -0.25) is 0 Å². The molecular formula is C13H22N4O2. The van der Waals surface area contributed by atoms with E-state index in [0.29, 0.717) is 17.5 Å². The van der Waals surface area contributed by atoms with Gasteiger partial charge in [-0.25, -0.2) is 10.8 Å². The monoisotopic (exact) mass is 266 g/mol. The highest BCUT2D eigenvalue weighted by molar-refractivity contribution is 5.47. The lowest BCUT2D eigenvalue weighted by Crippen LogP contribution is -2.30. The Labute approximate surface area is 113 Å². The first-order valence-corrected chi connectivity index (χ1v) is 6.65. The van der Waals surface area contributed by atoms with Gasteiger partial charge in [-0.1, -0.05) is 0 Å². The van der Waals surface area contributed by atoms with Crippen molar-refractivity contribution in [2.24, 2.45) is 5.84 Å². The van der Waals surface area contributed by atoms with E-state index in [1.165, 1.54) is 0 Å². The Morgan fingerprint density at radius 3 is 2.63 bits per heavy atom. The van der Waals surface area contributed by atoms with Crippen molar-refractivity contribution < 1.29 is 9.47 Å². The summed E-state index contributed by atoms with van der Waals surface area (Å²) < 4.78 is 11.4. The number of ether oxygens (including phenoxy) is 2. The zero-order chi connectivity index (χ0) is 13.8. The molecule has 0 bridgehead atoms. The lowest BCUT2D eigenvalue weighted by molar-refractivity contribution is 0.0192. The number of nitrogens with one attached hydrogen (secondary N) is 1. The first kappa shape index (κ1) is 14.0. The maximum absolute atomic E-state index is 6.01. The van der Waals surface area contributed by atoms with Crippen LogP contribution in [0.25, 0.3) is 0 Å². The van der Waals surface area contributed by atoms with E-state index in [0.717, 1.165) is 31.2 Å². The molecule has 1 saturated carbocycles. The quantitative estimate of drug-likeness (QED) is 0.638. The molecule has 1 aliphatic carbocycles. The molecule has 0 aliphatic heterocycles. The van der Waals surface area contributed by atoms with Crippen LogP contribution in [-0.2, 0) is 4.74 Å². The molecule has 19 heavy (non-hydrogen) atoms. The van der Waals surface area contributed by atoms with E-state index < -0.39 is 0 Å². The number of nitrogens with zero attached hydrogens (tertiary/aromatic N) is 2. The van der Waals surface area contributed by atoms with E-state index in [1.54, 1.807) is 7.11 Å². The summed E-state index contributed by atoms with van der Waals surface area (Å²) >= 11 is 0. The largest absolute Gasteiger partial charge is 0.474 e. The molecular weight excluding hydrogens is 244 g/mol. The Balaban J connectivity index is 2.12. The van der Waals surface area contributed by atoms with Gasteiger partial charge in [-0.2, -0.15) is 4.98 Å². The second kappa shape index (κ2) is 6.16. The highest BCUT2D eigenvalue weighted by Gasteiger charge is 2.24. The van der Waals surface area contributed by atoms with Crippen molar-refractivity contribution >= 4 is 5.82 Å². The second-order valence-electron chi connectivity index (χ2n) is 4.96. The number of hydrogen-bond acceptors (Lipinski definition) is 6. The molecule has 106 valence electrons. The van der Waals surface area contributed by atoms with E-state index in [9.17, 15) is 0 Å². The van der Waals surface area contributed by atoms with Gasteiger partial charge in [-0.05, 0) is 33.1 Å². The SMILES string of the molecule is COC1CCCC(Oc2nc(C)nc(NN)c2C)C1. The lowest BCUT2D eigenvalue weighted by atomic mass is 9.95. The summed E-state index contributed by atoms with van der Waals surface area (Å²) in [7, 11) is 1.75. The summed E-state index contributed by atoms with van der Waals surface area (Å²) in [5.74, 6) is 7.32. The fraction of sp³-hybridized carbons (Fsp3) is 0.692. The highest BCUT2D eigenvalue weighted by Crippen LogP contribution is 2.28. The zero-order valence-electron chi connectivity index (χ0n) is 11.8. The molecule has 0 spiro atoms. The standard InChI is InChI=1S/C13H22N4O2/c1-8-12(17-14)15-9(2)16-13(8)19-11-6-4-5-10(7-11)18-3/h10-11H,4-7,14H2,1-3H3,(H,15,16,17). The lowest BCUT2D eigenvalue weighted by Gasteiger charge is -2.28. The Morgan fingerprint density at radius 2 is 1.95 bits per heavy atom. The van der Waals surface area contributed by atoms with Crippen LogP contribution >= 0.6 is 0 Å². The van der Waals surface area contributed by atoms with Crippen molar-refractivity contribution in [1.82, 2.24) is 9.97 Å². The highest BCUT2D eigenvalue weighted by atomic mass is 16.5. The summed E-state index contributed by atoms with van der Waals surface area (Å²) in [6.07, 6.45) is 4.60. The third-order valence-corrected chi connectivity index (χ3v) is 3.54. The molecule has 0 aromatic carbocycles. The van der Waals surface area contributed by atoms with Gasteiger partial charge in [0.05, 0.1) is 11.7 Å². The average Bonchev–Trinajstić information content (AvgIpc) is 2.42. The first-order chi connectivity index (χ1) is 9.13. The average molecular weight is 266 g/mol. The van der Waals surface area contributed by atoms with Crippen molar-refractivity contribution in [3.05, 3.63) is 11.4 Å². The number of hydrogen-bond donors (Lipinski definition) is 2. The maximum Gasteiger partial charge on any atom is 0.222 e. The van der Waals surface area contributed by atoms with Crippen LogP contribution < -0.4 is 16.0 Å². The van der Waals surface area contributed by atoms with Crippen molar-refractivity contribution in [2.45, 2.75) is 51.7 Å². The number of methoxy groups -OCH3 is 1. The van der Waals surface area contributed by atoms with Gasteiger partial charge in [0.25, 0.3) is 0 Å². The first-order valence-electron chi connectivity index (χ1n) is 6.65. The molecule has 1 aromatic heterocycles. The molecule has 2 atom stereocenters. The third kappa shape index (κ3) is 3.33. The molecule has 0 saturated heterocycles. The Bertz CT molecular complexity index is 439. The van der Waals surface area contributed by atoms with Crippen molar-refractivity contribution in [3.63, 3.8) is 0 Å². The van der Waals surface area contributed by atoms with Crippen molar-refractivity contribution in [1.29, 1.82) is 0 Å². The van der Waals surface area contributed by atoms with E-state index in [1.807, 2.05) is 13.8 Å². The van der Waals surface area contributed by atoms with E-state index in [2.05, 4.69) is 15.4 Å². The van der Waals surface area contributed by atoms with Gasteiger partial charge in [-0.15, -0.1) is 0 Å². The zero-order valence-corrected chi connectivity index (χ0v) is 11.8. The maximum atomic E-state index is 6.01. The molecule has 3 N–H and O–H groups in total. The number of aryl methyl sites for hydroxylation is 1. The molecule has 1 fully saturated rings. The molecule has 0 radical (unpaired) electrons. The number of aromatic nitrogens is 2. The van der Waals surface area contributed by atoms with Crippen LogP contribution in [0.15, 0.2) is 0 Å². The fourth-order valence-electron chi connectivity index (χ4n) is 2.44. The van der Waals surface area contributed by atoms with Crippen LogP contribution in [0.1, 0.15) is 37.1 Å².